The van der Waals surface area contributed by atoms with Crippen LogP contribution in [0.25, 0.3) is 11.1 Å². The van der Waals surface area contributed by atoms with Crippen LogP contribution in [0.1, 0.15) is 23.2 Å². The Balaban J connectivity index is 1.91. The largest absolute Gasteiger partial charge is 0.489 e. The van der Waals surface area contributed by atoms with Crippen LogP contribution in [0.2, 0.25) is 0 Å². The molecule has 0 atom stereocenters. The third-order valence-electron chi connectivity index (χ3n) is 3.65. The molecule has 1 aromatic carbocycles. The second kappa shape index (κ2) is 6.82. The van der Waals surface area contributed by atoms with Crippen molar-refractivity contribution >= 4 is 5.97 Å². The first-order chi connectivity index (χ1) is 11.5. The van der Waals surface area contributed by atoms with Crippen molar-refractivity contribution in [1.82, 2.24) is 4.98 Å². The van der Waals surface area contributed by atoms with Crippen molar-refractivity contribution in [3.63, 3.8) is 0 Å². The number of benzene rings is 1. The summed E-state index contributed by atoms with van der Waals surface area (Å²) in [5.74, 6) is -0.477. The zero-order valence-electron chi connectivity index (χ0n) is 12.6. The van der Waals surface area contributed by atoms with Crippen LogP contribution >= 0.6 is 0 Å². The number of carbonyl (C=O) groups is 1. The number of aromatic carboxylic acids is 1. The summed E-state index contributed by atoms with van der Waals surface area (Å²) in [7, 11) is 0. The van der Waals surface area contributed by atoms with E-state index < -0.39 is 12.6 Å². The fourth-order valence-corrected chi connectivity index (χ4v) is 2.20. The molecule has 0 radical (unpaired) electrons. The smallest absolute Gasteiger partial charge is 0.387 e. The molecule has 0 amide bonds. The monoisotopic (exact) mass is 335 g/mol. The topological polar surface area (TPSA) is 68.7 Å². The number of pyridine rings is 1. The number of hydrogen-bond donors (Lipinski definition) is 1. The molecule has 24 heavy (non-hydrogen) atoms. The fraction of sp³-hybridized carbons (Fsp3) is 0.294. The van der Waals surface area contributed by atoms with Crippen molar-refractivity contribution < 1.29 is 28.2 Å². The number of halogens is 2. The summed E-state index contributed by atoms with van der Waals surface area (Å²) in [5.41, 5.74) is 1.20. The van der Waals surface area contributed by atoms with Crippen molar-refractivity contribution in [2.45, 2.75) is 19.5 Å². The molecule has 0 unspecified atom stereocenters. The van der Waals surface area contributed by atoms with E-state index in [1.54, 1.807) is 12.1 Å². The lowest BCUT2D eigenvalue weighted by molar-refractivity contribution is -0.0515. The van der Waals surface area contributed by atoms with Gasteiger partial charge in [0.15, 0.2) is 11.5 Å². The molecule has 1 aliphatic rings. The highest BCUT2D eigenvalue weighted by atomic mass is 19.3. The molecule has 126 valence electrons. The maximum atomic E-state index is 12.5. The van der Waals surface area contributed by atoms with Crippen LogP contribution < -0.4 is 9.47 Å². The summed E-state index contributed by atoms with van der Waals surface area (Å²) < 4.78 is 35.1. The van der Waals surface area contributed by atoms with Crippen LogP contribution in [-0.4, -0.2) is 29.3 Å². The molecule has 2 aromatic rings. The van der Waals surface area contributed by atoms with Crippen molar-refractivity contribution in [3.8, 4) is 22.6 Å². The molecule has 0 saturated heterocycles. The number of ether oxygens (including phenoxy) is 2. The molecule has 3 rings (SSSR count). The Bertz CT molecular complexity index is 747. The first kappa shape index (κ1) is 16.2. The zero-order valence-corrected chi connectivity index (χ0v) is 12.6. The van der Waals surface area contributed by atoms with Gasteiger partial charge < -0.3 is 14.6 Å². The first-order valence-electron chi connectivity index (χ1n) is 7.43. The minimum Gasteiger partial charge on any atom is -0.489 e. The second-order valence-corrected chi connectivity index (χ2v) is 5.56. The predicted molar refractivity (Wildman–Crippen MR) is 81.5 cm³/mol. The van der Waals surface area contributed by atoms with Gasteiger partial charge in [-0.15, -0.1) is 0 Å². The summed E-state index contributed by atoms with van der Waals surface area (Å²) in [6, 6.07) is 5.97. The lowest BCUT2D eigenvalue weighted by Crippen LogP contribution is -2.06. The van der Waals surface area contributed by atoms with Gasteiger partial charge >= 0.3 is 12.6 Å². The van der Waals surface area contributed by atoms with E-state index in [2.05, 4.69) is 9.72 Å². The van der Waals surface area contributed by atoms with Crippen LogP contribution in [0.3, 0.4) is 0 Å². The molecule has 7 heteroatoms. The maximum absolute atomic E-state index is 12.5. The lowest BCUT2D eigenvalue weighted by Gasteiger charge is -2.14. The van der Waals surface area contributed by atoms with E-state index in [1.807, 2.05) is 0 Å². The molecular formula is C17H15F2NO4. The zero-order chi connectivity index (χ0) is 17.1. The van der Waals surface area contributed by atoms with Crippen molar-refractivity contribution in [3.05, 3.63) is 42.2 Å². The highest BCUT2D eigenvalue weighted by Gasteiger charge is 2.23. The standard InChI is InChI=1S/C17H15F2NO4/c18-17(19)24-14-4-3-11(6-15(14)23-9-10-1-2-10)12-5-13(16(21)22)8-20-7-12/h3-8,10,17H,1-2,9H2,(H,21,22). The quantitative estimate of drug-likeness (QED) is 0.833. The Morgan fingerprint density at radius 1 is 1.21 bits per heavy atom. The molecule has 0 bridgehead atoms. The van der Waals surface area contributed by atoms with Gasteiger partial charge in [0, 0.05) is 18.0 Å². The molecule has 5 nitrogen and oxygen atoms in total. The van der Waals surface area contributed by atoms with Crippen molar-refractivity contribution in [1.29, 1.82) is 0 Å². The molecule has 1 aromatic heterocycles. The number of hydrogen-bond acceptors (Lipinski definition) is 4. The molecule has 0 spiro atoms. The van der Waals surface area contributed by atoms with Crippen LogP contribution in [0.15, 0.2) is 36.7 Å². The van der Waals surface area contributed by atoms with Gasteiger partial charge in [-0.05, 0) is 42.5 Å². The third-order valence-corrected chi connectivity index (χ3v) is 3.65. The van der Waals surface area contributed by atoms with Gasteiger partial charge in [-0.25, -0.2) is 4.79 Å². The minimum absolute atomic E-state index is 0.0425. The van der Waals surface area contributed by atoms with E-state index in [4.69, 9.17) is 9.84 Å². The van der Waals surface area contributed by atoms with E-state index >= 15 is 0 Å². The number of aromatic nitrogens is 1. The van der Waals surface area contributed by atoms with Crippen molar-refractivity contribution in [2.24, 2.45) is 5.92 Å². The molecule has 1 aliphatic carbocycles. The van der Waals surface area contributed by atoms with Gasteiger partial charge in [0.2, 0.25) is 0 Å². The highest BCUT2D eigenvalue weighted by molar-refractivity contribution is 5.88. The normalized spacial score (nSPS) is 13.8. The first-order valence-corrected chi connectivity index (χ1v) is 7.43. The van der Waals surface area contributed by atoms with E-state index in [0.717, 1.165) is 12.8 Å². The third kappa shape index (κ3) is 3.98. The van der Waals surface area contributed by atoms with Gasteiger partial charge in [-0.2, -0.15) is 8.78 Å². The van der Waals surface area contributed by atoms with Gasteiger partial charge in [0.05, 0.1) is 12.2 Å². The van der Waals surface area contributed by atoms with Crippen molar-refractivity contribution in [2.75, 3.05) is 6.61 Å². The summed E-state index contributed by atoms with van der Waals surface area (Å²) >= 11 is 0. The second-order valence-electron chi connectivity index (χ2n) is 5.56. The van der Waals surface area contributed by atoms with Crippen LogP contribution in [0.5, 0.6) is 11.5 Å². The summed E-state index contributed by atoms with van der Waals surface area (Å²) in [6.07, 6.45) is 4.87. The van der Waals surface area contributed by atoms with Gasteiger partial charge in [0.1, 0.15) is 0 Å². The molecule has 1 fully saturated rings. The van der Waals surface area contributed by atoms with Gasteiger partial charge in [0.25, 0.3) is 0 Å². The Morgan fingerprint density at radius 3 is 2.67 bits per heavy atom. The Morgan fingerprint density at radius 2 is 2.00 bits per heavy atom. The fourth-order valence-electron chi connectivity index (χ4n) is 2.20. The summed E-state index contributed by atoms with van der Waals surface area (Å²) in [6.45, 7) is -2.51. The van der Waals surface area contributed by atoms with Crippen LogP contribution in [-0.2, 0) is 0 Å². The molecule has 1 saturated carbocycles. The Kier molecular flexibility index (Phi) is 4.59. The number of alkyl halides is 2. The Labute approximate surface area is 136 Å². The van der Waals surface area contributed by atoms with E-state index in [1.165, 1.54) is 24.5 Å². The van der Waals surface area contributed by atoms with Crippen LogP contribution in [0, 0.1) is 5.92 Å². The number of rotatable bonds is 7. The summed E-state index contributed by atoms with van der Waals surface area (Å²) in [5, 5.41) is 9.04. The SMILES string of the molecule is O=C(O)c1cncc(-c2ccc(OC(F)F)c(OCC3CC3)c2)c1. The molecular weight excluding hydrogens is 320 g/mol. The average molecular weight is 335 g/mol. The molecule has 1 N–H and O–H groups in total. The maximum Gasteiger partial charge on any atom is 0.387 e. The van der Waals surface area contributed by atoms with Gasteiger partial charge in [-0.1, -0.05) is 6.07 Å². The minimum atomic E-state index is -2.95. The van der Waals surface area contributed by atoms with Crippen LogP contribution in [0.4, 0.5) is 8.78 Å². The number of carboxylic acid groups (broad SMARTS) is 1. The number of carboxylic acids is 1. The Hall–Kier alpha value is -2.70. The molecule has 1 heterocycles. The van der Waals surface area contributed by atoms with E-state index in [0.29, 0.717) is 23.7 Å². The highest BCUT2D eigenvalue weighted by Crippen LogP contribution is 2.36. The predicted octanol–water partition coefficient (Wildman–Crippen LogP) is 3.84. The van der Waals surface area contributed by atoms with E-state index in [-0.39, 0.29) is 17.1 Å². The molecule has 0 aliphatic heterocycles. The van der Waals surface area contributed by atoms with Gasteiger partial charge in [-0.3, -0.25) is 4.98 Å². The lowest BCUT2D eigenvalue weighted by atomic mass is 10.1. The summed E-state index contributed by atoms with van der Waals surface area (Å²) in [4.78, 5) is 14.9. The average Bonchev–Trinajstić information content (AvgIpc) is 3.38. The number of nitrogens with zero attached hydrogens (tertiary/aromatic N) is 1. The van der Waals surface area contributed by atoms with E-state index in [9.17, 15) is 13.6 Å².